The third-order valence-electron chi connectivity index (χ3n) is 8.59. The van der Waals surface area contributed by atoms with Gasteiger partial charge < -0.3 is 25.0 Å². The summed E-state index contributed by atoms with van der Waals surface area (Å²) in [5.41, 5.74) is 2.29. The summed E-state index contributed by atoms with van der Waals surface area (Å²) in [6, 6.07) is 8.50. The van der Waals surface area contributed by atoms with Gasteiger partial charge in [0.2, 0.25) is 5.91 Å². The Morgan fingerprint density at radius 2 is 1.85 bits per heavy atom. The van der Waals surface area contributed by atoms with E-state index in [2.05, 4.69) is 5.32 Å². The van der Waals surface area contributed by atoms with E-state index in [4.69, 9.17) is 27.9 Å². The van der Waals surface area contributed by atoms with Crippen LogP contribution < -0.4 is 10.1 Å². The number of piperidine rings is 1. The Morgan fingerprint density at radius 3 is 2.52 bits per heavy atom. The van der Waals surface area contributed by atoms with Crippen molar-refractivity contribution in [2.45, 2.75) is 44.5 Å². The molecule has 0 aromatic heterocycles. The highest BCUT2D eigenvalue weighted by Gasteiger charge is 2.40. The highest BCUT2D eigenvalue weighted by molar-refractivity contribution is 7.90. The third kappa shape index (κ3) is 7.22. The summed E-state index contributed by atoms with van der Waals surface area (Å²) in [4.78, 5) is 46.0. The number of nitrogens with one attached hydrogen (secondary N) is 1. The van der Waals surface area contributed by atoms with Gasteiger partial charge in [0.25, 0.3) is 0 Å². The Bertz CT molecular complexity index is 1660. The zero-order valence-electron chi connectivity index (χ0n) is 25.8. The fourth-order valence-corrected chi connectivity index (χ4v) is 7.71. The number of nitrogens with zero attached hydrogens (tertiary/aromatic N) is 4. The Kier molecular flexibility index (Phi) is 10.1. The molecule has 1 fully saturated rings. The first-order valence-electron chi connectivity index (χ1n) is 14.9. The monoisotopic (exact) mass is 693 g/mol. The Morgan fingerprint density at radius 1 is 1.13 bits per heavy atom. The number of amides is 5. The average Bonchev–Trinajstić information content (AvgIpc) is 3.16. The van der Waals surface area contributed by atoms with Crippen molar-refractivity contribution in [3.05, 3.63) is 63.8 Å². The van der Waals surface area contributed by atoms with Gasteiger partial charge in [0.05, 0.1) is 22.9 Å². The van der Waals surface area contributed by atoms with Gasteiger partial charge in [-0.1, -0.05) is 35.3 Å². The molecule has 1 unspecified atom stereocenters. The summed E-state index contributed by atoms with van der Waals surface area (Å²) in [5.74, 6) is -0.00300. The molecule has 3 heterocycles. The Hall–Kier alpha value is -3.52. The number of rotatable bonds is 8. The summed E-state index contributed by atoms with van der Waals surface area (Å²) in [5, 5.41) is 14.7. The van der Waals surface area contributed by atoms with Crippen LogP contribution >= 0.6 is 23.2 Å². The minimum atomic E-state index is -3.52. The maximum absolute atomic E-state index is 13.6. The lowest BCUT2D eigenvalue weighted by Gasteiger charge is -2.42. The van der Waals surface area contributed by atoms with Gasteiger partial charge >= 0.3 is 12.1 Å². The van der Waals surface area contributed by atoms with E-state index in [1.807, 2.05) is 17.0 Å². The summed E-state index contributed by atoms with van der Waals surface area (Å²) >= 11 is 12.7. The lowest BCUT2D eigenvalue weighted by atomic mass is 10.0. The fourth-order valence-electron chi connectivity index (χ4n) is 6.27. The van der Waals surface area contributed by atoms with Gasteiger partial charge in [-0.25, -0.2) is 18.0 Å². The second-order valence-corrected chi connectivity index (χ2v) is 14.8. The number of fused-ring (bicyclic) bond motifs is 1. The van der Waals surface area contributed by atoms with E-state index in [9.17, 15) is 27.9 Å². The van der Waals surface area contributed by atoms with Crippen LogP contribution in [0, 0.1) is 0 Å². The third-order valence-corrected chi connectivity index (χ3v) is 10.5. The molecule has 0 saturated carbocycles. The van der Waals surface area contributed by atoms with Crippen LogP contribution in [0.25, 0.3) is 5.57 Å². The second kappa shape index (κ2) is 13.7. The highest BCUT2D eigenvalue weighted by Crippen LogP contribution is 2.36. The molecule has 3 aliphatic rings. The number of benzene rings is 2. The van der Waals surface area contributed by atoms with E-state index in [1.54, 1.807) is 36.3 Å². The number of carbonyl (C=O) groups is 3. The van der Waals surface area contributed by atoms with E-state index < -0.39 is 33.9 Å². The van der Waals surface area contributed by atoms with Crippen molar-refractivity contribution in [1.29, 1.82) is 0 Å². The number of hydrogen-bond acceptors (Lipinski definition) is 7. The second-order valence-electron chi connectivity index (χ2n) is 11.8. The normalized spacial score (nSPS) is 20.1. The number of methoxy groups -OCH3 is 1. The van der Waals surface area contributed by atoms with Crippen LogP contribution in [-0.2, 0) is 21.1 Å². The molecule has 46 heavy (non-hydrogen) atoms. The number of aliphatic hydroxyl groups is 1. The van der Waals surface area contributed by atoms with Crippen molar-refractivity contribution in [3.63, 3.8) is 0 Å². The van der Waals surface area contributed by atoms with Crippen molar-refractivity contribution in [2.24, 2.45) is 0 Å². The lowest BCUT2D eigenvalue weighted by molar-refractivity contribution is -0.133. The molecule has 0 bridgehead atoms. The number of urea groups is 2. The number of sulfone groups is 1. The predicted molar refractivity (Wildman–Crippen MR) is 176 cm³/mol. The SMILES string of the molecule is COc1ccc2c(c1)CCN(C1CCN(C(=O)CN3C=C(c4cccc(Cl)c4Cl)C(O)N([C@H](C)CS(C)(=O)=O)C3=O)CC1)C(=O)N2. The Labute approximate surface area is 278 Å². The van der Waals surface area contributed by atoms with Crippen LogP contribution in [0.3, 0.4) is 0 Å². The highest BCUT2D eigenvalue weighted by atomic mass is 35.5. The molecule has 0 radical (unpaired) electrons. The molecule has 12 nitrogen and oxygen atoms in total. The van der Waals surface area contributed by atoms with Gasteiger partial charge in [-0.15, -0.1) is 0 Å². The molecule has 0 aliphatic carbocycles. The molecule has 3 aliphatic heterocycles. The van der Waals surface area contributed by atoms with E-state index >= 15 is 0 Å². The van der Waals surface area contributed by atoms with Crippen LogP contribution in [0.2, 0.25) is 10.0 Å². The number of anilines is 1. The van der Waals surface area contributed by atoms with Crippen LogP contribution in [0.5, 0.6) is 5.75 Å². The van der Waals surface area contributed by atoms with E-state index in [-0.39, 0.29) is 40.1 Å². The summed E-state index contributed by atoms with van der Waals surface area (Å²) in [6.45, 7) is 2.45. The lowest BCUT2D eigenvalue weighted by Crippen LogP contribution is -2.58. The molecule has 5 amide bonds. The predicted octanol–water partition coefficient (Wildman–Crippen LogP) is 3.91. The quantitative estimate of drug-likeness (QED) is 0.427. The maximum atomic E-state index is 13.6. The molecule has 248 valence electrons. The fraction of sp³-hybridized carbons (Fsp3) is 0.452. The van der Waals surface area contributed by atoms with Crippen LogP contribution in [0.4, 0.5) is 15.3 Å². The van der Waals surface area contributed by atoms with Crippen molar-refractivity contribution in [2.75, 3.05) is 50.6 Å². The summed E-state index contributed by atoms with van der Waals surface area (Å²) < 4.78 is 29.5. The molecule has 1 saturated heterocycles. The van der Waals surface area contributed by atoms with Gasteiger partial charge in [-0.2, -0.15) is 0 Å². The standard InChI is InChI=1S/C31H37Cl2N5O7S/c1-19(18-46(3,43)44)38-29(40)24(23-5-4-6-25(32)28(23)33)16-36(31(38)42)17-27(39)35-12-10-21(11-13-35)37-14-9-20-15-22(45-2)7-8-26(20)34-30(37)41/h4-8,15-16,19,21,29,40H,9-14,17-18H2,1-3H3,(H,34,41)/t19-,29?/m1/s1. The first-order chi connectivity index (χ1) is 21.8. The largest absolute Gasteiger partial charge is 0.497 e. The molecule has 15 heteroatoms. The van der Waals surface area contributed by atoms with Crippen molar-refractivity contribution in [1.82, 2.24) is 19.6 Å². The number of halogens is 2. The van der Waals surface area contributed by atoms with Crippen molar-refractivity contribution < 1.29 is 32.6 Å². The Balaban J connectivity index is 1.29. The summed E-state index contributed by atoms with van der Waals surface area (Å²) in [7, 11) is -1.92. The molecule has 2 N–H and O–H groups in total. The number of carbonyl (C=O) groups excluding carboxylic acids is 3. The molecular formula is C31H37Cl2N5O7S. The zero-order chi connectivity index (χ0) is 33.3. The summed E-state index contributed by atoms with van der Waals surface area (Å²) in [6.07, 6.45) is 2.66. The molecule has 2 atom stereocenters. The smallest absolute Gasteiger partial charge is 0.327 e. The van der Waals surface area contributed by atoms with Gasteiger partial charge in [-0.3, -0.25) is 14.6 Å². The van der Waals surface area contributed by atoms with Crippen LogP contribution in [0.1, 0.15) is 30.9 Å². The van der Waals surface area contributed by atoms with Crippen molar-refractivity contribution >= 4 is 62.3 Å². The number of likely N-dealkylation sites (tertiary alicyclic amines) is 1. The van der Waals surface area contributed by atoms with Gasteiger partial charge in [-0.05, 0) is 56.0 Å². The molecular weight excluding hydrogens is 657 g/mol. The average molecular weight is 695 g/mol. The topological polar surface area (TPSA) is 140 Å². The van der Waals surface area contributed by atoms with Gasteiger partial charge in [0.15, 0.2) is 6.23 Å². The number of ether oxygens (including phenoxy) is 1. The minimum Gasteiger partial charge on any atom is -0.497 e. The van der Waals surface area contributed by atoms with Gasteiger partial charge in [0, 0.05) is 61.0 Å². The van der Waals surface area contributed by atoms with E-state index in [1.165, 1.54) is 18.0 Å². The number of aliphatic hydroxyl groups excluding tert-OH is 1. The molecule has 2 aromatic carbocycles. The van der Waals surface area contributed by atoms with Crippen molar-refractivity contribution in [3.8, 4) is 5.75 Å². The first-order valence-corrected chi connectivity index (χ1v) is 17.7. The minimum absolute atomic E-state index is 0.0733. The molecule has 5 rings (SSSR count). The van der Waals surface area contributed by atoms with E-state index in [0.717, 1.165) is 28.2 Å². The maximum Gasteiger partial charge on any atom is 0.327 e. The molecule has 0 spiro atoms. The molecule has 2 aromatic rings. The number of hydrogen-bond donors (Lipinski definition) is 2. The first kappa shape index (κ1) is 33.8. The van der Waals surface area contributed by atoms with Gasteiger partial charge in [0.1, 0.15) is 22.1 Å². The van der Waals surface area contributed by atoms with Crippen LogP contribution in [0.15, 0.2) is 42.6 Å². The van der Waals surface area contributed by atoms with E-state index in [0.29, 0.717) is 44.5 Å². The van der Waals surface area contributed by atoms with Crippen LogP contribution in [-0.4, -0.2) is 115 Å². The zero-order valence-corrected chi connectivity index (χ0v) is 28.1.